The number of methoxy groups -OCH3 is 2. The molecular weight excluding hydrogens is 356 g/mol. The number of nitrogens with zero attached hydrogens (tertiary/aromatic N) is 6. The first-order valence-electron chi connectivity index (χ1n) is 9.29. The second-order valence-electron chi connectivity index (χ2n) is 6.66. The number of hydrogen-bond acceptors (Lipinski definition) is 7. The Labute approximate surface area is 164 Å². The lowest BCUT2D eigenvalue weighted by atomic mass is 10.2. The molecule has 2 aromatic carbocycles. The first-order chi connectivity index (χ1) is 13.7. The first-order valence-corrected chi connectivity index (χ1v) is 9.29. The van der Waals surface area contributed by atoms with Crippen molar-refractivity contribution in [1.82, 2.24) is 25.1 Å². The van der Waals surface area contributed by atoms with E-state index in [0.29, 0.717) is 12.5 Å². The molecule has 1 aliphatic heterocycles. The van der Waals surface area contributed by atoms with Crippen LogP contribution in [0.5, 0.6) is 11.5 Å². The fraction of sp³-hybridized carbons (Fsp3) is 0.350. The van der Waals surface area contributed by atoms with E-state index in [2.05, 4.69) is 37.3 Å². The van der Waals surface area contributed by atoms with Gasteiger partial charge in [0.05, 0.1) is 14.2 Å². The summed E-state index contributed by atoms with van der Waals surface area (Å²) in [6.07, 6.45) is 0. The minimum atomic E-state index is 0.607. The van der Waals surface area contributed by atoms with Gasteiger partial charge in [0.1, 0.15) is 18.2 Å². The van der Waals surface area contributed by atoms with Crippen LogP contribution in [-0.4, -0.2) is 65.5 Å². The Morgan fingerprint density at radius 3 is 2.36 bits per heavy atom. The molecular formula is C20H24N6O2. The van der Waals surface area contributed by atoms with Crippen LogP contribution in [0.15, 0.2) is 48.5 Å². The largest absolute Gasteiger partial charge is 0.497 e. The van der Waals surface area contributed by atoms with Crippen molar-refractivity contribution in [3.63, 3.8) is 0 Å². The van der Waals surface area contributed by atoms with Crippen LogP contribution in [0.2, 0.25) is 0 Å². The van der Waals surface area contributed by atoms with Crippen LogP contribution in [0.25, 0.3) is 11.4 Å². The molecule has 1 fully saturated rings. The average Bonchev–Trinajstić information content (AvgIpc) is 3.23. The average molecular weight is 380 g/mol. The molecule has 1 saturated heterocycles. The molecule has 1 aromatic heterocycles. The number of tetrazole rings is 1. The third kappa shape index (κ3) is 4.07. The summed E-state index contributed by atoms with van der Waals surface area (Å²) >= 11 is 0. The van der Waals surface area contributed by atoms with Crippen LogP contribution in [0, 0.1) is 0 Å². The Hall–Kier alpha value is -3.13. The van der Waals surface area contributed by atoms with Gasteiger partial charge < -0.3 is 14.4 Å². The lowest BCUT2D eigenvalue weighted by molar-refractivity contribution is 0.182. The number of aromatic nitrogens is 4. The molecule has 0 bridgehead atoms. The Balaban J connectivity index is 1.34. The maximum absolute atomic E-state index is 5.26. The smallest absolute Gasteiger partial charge is 0.205 e. The Bertz CT molecular complexity index is 903. The standard InChI is InChI=1S/C20H24N6O2/c1-27-18-8-6-17(7-9-18)25-12-10-24(11-13-25)15-26-22-20(21-23-26)16-4-3-5-19(14-16)28-2/h3-9,14H,10-13,15H2,1-2H3. The van der Waals surface area contributed by atoms with Crippen molar-refractivity contribution in [2.24, 2.45) is 0 Å². The SMILES string of the molecule is COc1ccc(N2CCN(Cn3nnc(-c4cccc(OC)c4)n3)CC2)cc1. The van der Waals surface area contributed by atoms with Gasteiger partial charge in [0.2, 0.25) is 5.82 Å². The number of ether oxygens (including phenoxy) is 2. The quantitative estimate of drug-likeness (QED) is 0.649. The van der Waals surface area contributed by atoms with Gasteiger partial charge in [0.25, 0.3) is 0 Å². The molecule has 146 valence electrons. The van der Waals surface area contributed by atoms with Crippen LogP contribution in [0.3, 0.4) is 0 Å². The van der Waals surface area contributed by atoms with Crippen molar-refractivity contribution >= 4 is 5.69 Å². The predicted octanol–water partition coefficient (Wildman–Crippen LogP) is 2.14. The maximum atomic E-state index is 5.26. The summed E-state index contributed by atoms with van der Waals surface area (Å²) in [5.74, 6) is 2.27. The van der Waals surface area contributed by atoms with E-state index >= 15 is 0 Å². The van der Waals surface area contributed by atoms with Crippen molar-refractivity contribution in [2.75, 3.05) is 45.3 Å². The molecule has 3 aromatic rings. The summed E-state index contributed by atoms with van der Waals surface area (Å²) in [6.45, 7) is 4.45. The molecule has 0 unspecified atom stereocenters. The third-order valence-electron chi connectivity index (χ3n) is 4.92. The van der Waals surface area contributed by atoms with Gasteiger partial charge in [-0.15, -0.1) is 15.0 Å². The Morgan fingerprint density at radius 2 is 1.64 bits per heavy atom. The second-order valence-corrected chi connectivity index (χ2v) is 6.66. The number of hydrogen-bond donors (Lipinski definition) is 0. The van der Waals surface area contributed by atoms with Crippen molar-refractivity contribution in [3.8, 4) is 22.9 Å². The van der Waals surface area contributed by atoms with Gasteiger partial charge in [-0.2, -0.15) is 0 Å². The van der Waals surface area contributed by atoms with E-state index in [4.69, 9.17) is 9.47 Å². The molecule has 4 rings (SSSR count). The Kier molecular flexibility index (Phi) is 5.38. The summed E-state index contributed by atoms with van der Waals surface area (Å²) in [5, 5.41) is 12.9. The molecule has 8 heteroatoms. The summed E-state index contributed by atoms with van der Waals surface area (Å²) in [5.41, 5.74) is 2.12. The topological polar surface area (TPSA) is 68.5 Å². The van der Waals surface area contributed by atoms with E-state index in [0.717, 1.165) is 43.2 Å². The number of rotatable bonds is 6. The molecule has 0 radical (unpaired) electrons. The van der Waals surface area contributed by atoms with E-state index < -0.39 is 0 Å². The van der Waals surface area contributed by atoms with E-state index in [1.165, 1.54) is 5.69 Å². The van der Waals surface area contributed by atoms with Gasteiger partial charge in [0.15, 0.2) is 0 Å². The van der Waals surface area contributed by atoms with Crippen molar-refractivity contribution in [2.45, 2.75) is 6.67 Å². The molecule has 2 heterocycles. The zero-order valence-electron chi connectivity index (χ0n) is 16.2. The van der Waals surface area contributed by atoms with Crippen molar-refractivity contribution in [3.05, 3.63) is 48.5 Å². The highest BCUT2D eigenvalue weighted by atomic mass is 16.5. The fourth-order valence-corrected chi connectivity index (χ4v) is 3.30. The first kappa shape index (κ1) is 18.2. The van der Waals surface area contributed by atoms with Gasteiger partial charge in [-0.05, 0) is 41.6 Å². The van der Waals surface area contributed by atoms with Gasteiger partial charge in [-0.25, -0.2) is 0 Å². The van der Waals surface area contributed by atoms with Crippen molar-refractivity contribution < 1.29 is 9.47 Å². The van der Waals surface area contributed by atoms with E-state index in [1.807, 2.05) is 36.4 Å². The Morgan fingerprint density at radius 1 is 0.893 bits per heavy atom. The van der Waals surface area contributed by atoms with Crippen LogP contribution in [0.1, 0.15) is 0 Å². The fourth-order valence-electron chi connectivity index (χ4n) is 3.30. The summed E-state index contributed by atoms with van der Waals surface area (Å²) in [7, 11) is 3.33. The zero-order valence-corrected chi connectivity index (χ0v) is 16.2. The van der Waals surface area contributed by atoms with Gasteiger partial charge in [0, 0.05) is 37.4 Å². The highest BCUT2D eigenvalue weighted by molar-refractivity contribution is 5.56. The molecule has 0 N–H and O–H groups in total. The number of benzene rings is 2. The second kappa shape index (κ2) is 8.26. The van der Waals surface area contributed by atoms with E-state index in [9.17, 15) is 0 Å². The molecule has 1 aliphatic rings. The van der Waals surface area contributed by atoms with Gasteiger partial charge in [-0.1, -0.05) is 12.1 Å². The number of piperazine rings is 1. The predicted molar refractivity (Wildman–Crippen MR) is 107 cm³/mol. The van der Waals surface area contributed by atoms with Crippen LogP contribution in [-0.2, 0) is 6.67 Å². The molecule has 28 heavy (non-hydrogen) atoms. The number of anilines is 1. The zero-order chi connectivity index (χ0) is 19.3. The highest BCUT2D eigenvalue weighted by Crippen LogP contribution is 2.21. The van der Waals surface area contributed by atoms with Gasteiger partial charge >= 0.3 is 0 Å². The normalized spacial score (nSPS) is 14.9. The summed E-state index contributed by atoms with van der Waals surface area (Å²) < 4.78 is 10.5. The summed E-state index contributed by atoms with van der Waals surface area (Å²) in [4.78, 5) is 6.36. The monoisotopic (exact) mass is 380 g/mol. The van der Waals surface area contributed by atoms with Crippen LogP contribution < -0.4 is 14.4 Å². The molecule has 0 saturated carbocycles. The maximum Gasteiger partial charge on any atom is 0.205 e. The molecule has 0 spiro atoms. The summed E-state index contributed by atoms with van der Waals surface area (Å²) in [6, 6.07) is 15.9. The molecule has 0 atom stereocenters. The minimum Gasteiger partial charge on any atom is -0.497 e. The van der Waals surface area contributed by atoms with E-state index in [-0.39, 0.29) is 0 Å². The van der Waals surface area contributed by atoms with Crippen molar-refractivity contribution in [1.29, 1.82) is 0 Å². The van der Waals surface area contributed by atoms with Crippen LogP contribution in [0.4, 0.5) is 5.69 Å². The third-order valence-corrected chi connectivity index (χ3v) is 4.92. The lowest BCUT2D eigenvalue weighted by Crippen LogP contribution is -2.47. The minimum absolute atomic E-state index is 0.607. The molecule has 0 amide bonds. The van der Waals surface area contributed by atoms with E-state index in [1.54, 1.807) is 19.0 Å². The molecule has 8 nitrogen and oxygen atoms in total. The van der Waals surface area contributed by atoms with Crippen LogP contribution >= 0.6 is 0 Å². The highest BCUT2D eigenvalue weighted by Gasteiger charge is 2.18. The van der Waals surface area contributed by atoms with Gasteiger partial charge in [-0.3, -0.25) is 4.90 Å². The molecule has 0 aliphatic carbocycles. The lowest BCUT2D eigenvalue weighted by Gasteiger charge is -2.35.